The topological polar surface area (TPSA) is 70.6 Å². The second kappa shape index (κ2) is 10.7. The molecule has 0 bridgehead atoms. The average Bonchev–Trinajstić information content (AvgIpc) is 3.51. The molecule has 1 spiro atoms. The lowest BCUT2D eigenvalue weighted by Crippen LogP contribution is -2.42. The molecule has 3 fully saturated rings. The molecule has 39 heavy (non-hydrogen) atoms. The van der Waals surface area contributed by atoms with Gasteiger partial charge in [0.2, 0.25) is 0 Å². The lowest BCUT2D eigenvalue weighted by atomic mass is 9.85. The fourth-order valence-corrected chi connectivity index (χ4v) is 7.65. The SMILES string of the molecule is Cc1nc(N2CCC3(CCN(CC4CCC(NC(=O)OC(C)(C)C)CC4)C3)C2)c2cc(CC(F)(F)F)sc2n1. The summed E-state index contributed by atoms with van der Waals surface area (Å²) < 4.78 is 44.4. The van der Waals surface area contributed by atoms with Gasteiger partial charge < -0.3 is 19.9 Å². The summed E-state index contributed by atoms with van der Waals surface area (Å²) in [6.45, 7) is 12.4. The largest absolute Gasteiger partial charge is 0.444 e. The van der Waals surface area contributed by atoms with Crippen LogP contribution in [0, 0.1) is 18.3 Å². The van der Waals surface area contributed by atoms with Crippen molar-refractivity contribution in [1.82, 2.24) is 20.2 Å². The van der Waals surface area contributed by atoms with Crippen LogP contribution in [0.2, 0.25) is 0 Å². The Morgan fingerprint density at radius 3 is 2.54 bits per heavy atom. The third-order valence-corrected chi connectivity index (χ3v) is 9.28. The van der Waals surface area contributed by atoms with Gasteiger partial charge in [0.1, 0.15) is 22.1 Å². The van der Waals surface area contributed by atoms with Crippen LogP contribution in [-0.2, 0) is 11.2 Å². The van der Waals surface area contributed by atoms with E-state index >= 15 is 0 Å². The van der Waals surface area contributed by atoms with Crippen LogP contribution in [0.4, 0.5) is 23.8 Å². The predicted octanol–water partition coefficient (Wildman–Crippen LogP) is 6.09. The molecule has 4 heterocycles. The maximum atomic E-state index is 13.0. The van der Waals surface area contributed by atoms with Gasteiger partial charge in [0.05, 0.1) is 11.8 Å². The third-order valence-electron chi connectivity index (χ3n) is 8.25. The number of fused-ring (bicyclic) bond motifs is 1. The van der Waals surface area contributed by atoms with Gasteiger partial charge in [-0.15, -0.1) is 11.3 Å². The first-order valence-electron chi connectivity index (χ1n) is 14.1. The molecule has 7 nitrogen and oxygen atoms in total. The second-order valence-electron chi connectivity index (χ2n) is 12.8. The summed E-state index contributed by atoms with van der Waals surface area (Å²) in [5, 5.41) is 3.78. The lowest BCUT2D eigenvalue weighted by molar-refractivity contribution is -0.126. The van der Waals surface area contributed by atoms with Crippen LogP contribution in [0.25, 0.3) is 10.2 Å². The quantitative estimate of drug-likeness (QED) is 0.472. The Kier molecular flexibility index (Phi) is 7.78. The molecule has 1 aliphatic carbocycles. The van der Waals surface area contributed by atoms with Gasteiger partial charge in [0, 0.05) is 42.5 Å². The number of ether oxygens (including phenoxy) is 1. The predicted molar refractivity (Wildman–Crippen MR) is 147 cm³/mol. The molecule has 216 valence electrons. The summed E-state index contributed by atoms with van der Waals surface area (Å²) in [5.41, 5.74) is -0.285. The molecule has 0 radical (unpaired) electrons. The number of alkyl carbamates (subject to hydrolysis) is 1. The normalized spacial score (nSPS) is 26.6. The first-order valence-corrected chi connectivity index (χ1v) is 14.9. The minimum Gasteiger partial charge on any atom is -0.444 e. The fraction of sp³-hybridized carbons (Fsp3) is 0.750. The number of carbonyl (C=O) groups excluding carboxylic acids is 1. The molecule has 5 rings (SSSR count). The zero-order valence-corrected chi connectivity index (χ0v) is 24.2. The summed E-state index contributed by atoms with van der Waals surface area (Å²) in [4.78, 5) is 27.0. The van der Waals surface area contributed by atoms with Gasteiger partial charge in [-0.05, 0) is 84.7 Å². The van der Waals surface area contributed by atoms with E-state index in [0.717, 1.165) is 93.8 Å². The van der Waals surface area contributed by atoms with E-state index in [1.54, 1.807) is 6.07 Å². The number of hydrogen-bond donors (Lipinski definition) is 1. The van der Waals surface area contributed by atoms with Crippen molar-refractivity contribution in [3.63, 3.8) is 0 Å². The molecule has 3 aliphatic rings. The van der Waals surface area contributed by atoms with Gasteiger partial charge in [-0.3, -0.25) is 0 Å². The molecular formula is C28H40F3N5O2S. The number of carbonyl (C=O) groups is 1. The number of aromatic nitrogens is 2. The van der Waals surface area contributed by atoms with Crippen molar-refractivity contribution in [3.8, 4) is 0 Å². The number of thiophene rings is 1. The maximum Gasteiger partial charge on any atom is 0.407 e. The van der Waals surface area contributed by atoms with Crippen molar-refractivity contribution in [1.29, 1.82) is 0 Å². The Bertz CT molecular complexity index is 1190. The molecule has 1 N–H and O–H groups in total. The number of aryl methyl sites for hydroxylation is 1. The third kappa shape index (κ3) is 7.14. The van der Waals surface area contributed by atoms with E-state index in [-0.39, 0.29) is 22.4 Å². The summed E-state index contributed by atoms with van der Waals surface area (Å²) in [7, 11) is 0. The number of nitrogens with one attached hydrogen (secondary N) is 1. The van der Waals surface area contributed by atoms with Crippen LogP contribution < -0.4 is 10.2 Å². The van der Waals surface area contributed by atoms with Crippen molar-refractivity contribution >= 4 is 33.5 Å². The average molecular weight is 568 g/mol. The van der Waals surface area contributed by atoms with E-state index in [1.165, 1.54) is 0 Å². The molecule has 1 unspecified atom stereocenters. The summed E-state index contributed by atoms with van der Waals surface area (Å²) in [6, 6.07) is 1.83. The van der Waals surface area contributed by atoms with Gasteiger partial charge in [-0.25, -0.2) is 14.8 Å². The smallest absolute Gasteiger partial charge is 0.407 e. The van der Waals surface area contributed by atoms with Crippen molar-refractivity contribution in [2.45, 2.75) is 90.5 Å². The van der Waals surface area contributed by atoms with E-state index in [0.29, 0.717) is 16.6 Å². The minimum atomic E-state index is -4.23. The Labute approximate surface area is 232 Å². The fourth-order valence-electron chi connectivity index (χ4n) is 6.55. The van der Waals surface area contributed by atoms with Crippen molar-refractivity contribution in [2.75, 3.05) is 37.6 Å². The molecule has 0 aromatic carbocycles. The molecule has 2 aromatic heterocycles. The van der Waals surface area contributed by atoms with Crippen LogP contribution in [0.3, 0.4) is 0 Å². The van der Waals surface area contributed by atoms with Crippen LogP contribution >= 0.6 is 11.3 Å². The zero-order valence-electron chi connectivity index (χ0n) is 23.4. The van der Waals surface area contributed by atoms with E-state index in [4.69, 9.17) is 9.72 Å². The van der Waals surface area contributed by atoms with Crippen LogP contribution in [0.1, 0.15) is 70.0 Å². The highest BCUT2D eigenvalue weighted by Gasteiger charge is 2.44. The number of hydrogen-bond acceptors (Lipinski definition) is 7. The molecule has 11 heteroatoms. The van der Waals surface area contributed by atoms with E-state index in [1.807, 2.05) is 27.7 Å². The monoisotopic (exact) mass is 567 g/mol. The molecule has 1 saturated carbocycles. The first-order chi connectivity index (χ1) is 18.3. The molecule has 1 atom stereocenters. The molecule has 2 aromatic rings. The Hall–Kier alpha value is -2.14. The van der Waals surface area contributed by atoms with E-state index in [9.17, 15) is 18.0 Å². The maximum absolute atomic E-state index is 13.0. The van der Waals surface area contributed by atoms with Crippen molar-refractivity contribution in [2.24, 2.45) is 11.3 Å². The summed E-state index contributed by atoms with van der Waals surface area (Å²) in [6.07, 6.45) is 0.892. The van der Waals surface area contributed by atoms with Crippen LogP contribution in [-0.4, -0.2) is 71.5 Å². The Morgan fingerprint density at radius 1 is 1.13 bits per heavy atom. The first kappa shape index (κ1) is 28.4. The highest BCUT2D eigenvalue weighted by atomic mass is 32.1. The number of halogens is 3. The number of amides is 1. The number of alkyl halides is 3. The number of likely N-dealkylation sites (tertiary alicyclic amines) is 1. The zero-order chi connectivity index (χ0) is 28.0. The minimum absolute atomic E-state index is 0.186. The van der Waals surface area contributed by atoms with Gasteiger partial charge >= 0.3 is 12.3 Å². The summed E-state index contributed by atoms with van der Waals surface area (Å²) in [5.74, 6) is 2.02. The van der Waals surface area contributed by atoms with Crippen LogP contribution in [0.15, 0.2) is 6.07 Å². The van der Waals surface area contributed by atoms with E-state index in [2.05, 4.69) is 20.1 Å². The Morgan fingerprint density at radius 2 is 1.85 bits per heavy atom. The number of nitrogens with zero attached hydrogens (tertiary/aromatic N) is 4. The van der Waals surface area contributed by atoms with Crippen molar-refractivity contribution in [3.05, 3.63) is 16.8 Å². The van der Waals surface area contributed by atoms with Crippen molar-refractivity contribution < 1.29 is 22.7 Å². The molecular weight excluding hydrogens is 527 g/mol. The van der Waals surface area contributed by atoms with Gasteiger partial charge in [-0.2, -0.15) is 13.2 Å². The molecule has 1 amide bonds. The van der Waals surface area contributed by atoms with Gasteiger partial charge in [0.25, 0.3) is 0 Å². The number of rotatable bonds is 5. The standard InChI is InChI=1S/C28H40F3N5O2S/c1-18-32-23(22-13-21(14-28(29,30)31)39-24(22)33-18)36-12-10-27(17-36)9-11-35(16-27)15-19-5-7-20(8-6-19)34-25(37)38-26(2,3)4/h13,19-20H,5-12,14-17H2,1-4H3,(H,34,37). The lowest BCUT2D eigenvalue weighted by Gasteiger charge is -2.32. The highest BCUT2D eigenvalue weighted by Crippen LogP contribution is 2.43. The molecule has 2 aliphatic heterocycles. The second-order valence-corrected chi connectivity index (χ2v) is 14.0. The summed E-state index contributed by atoms with van der Waals surface area (Å²) >= 11 is 1.12. The molecule has 2 saturated heterocycles. The van der Waals surface area contributed by atoms with Crippen LogP contribution in [0.5, 0.6) is 0 Å². The Balaban J connectivity index is 1.15. The highest BCUT2D eigenvalue weighted by molar-refractivity contribution is 7.18. The number of anilines is 1. The van der Waals surface area contributed by atoms with Gasteiger partial charge in [0.15, 0.2) is 0 Å². The van der Waals surface area contributed by atoms with Gasteiger partial charge in [-0.1, -0.05) is 0 Å². The van der Waals surface area contributed by atoms with E-state index < -0.39 is 18.2 Å².